The zero-order chi connectivity index (χ0) is 27.7. The summed E-state index contributed by atoms with van der Waals surface area (Å²) in [7, 11) is 0. The van der Waals surface area contributed by atoms with Gasteiger partial charge in [-0.25, -0.2) is 5.57 Å². The Morgan fingerprint density at radius 3 is 1.43 bits per heavy atom. The van der Waals surface area contributed by atoms with E-state index in [-0.39, 0.29) is 24.8 Å². The molecule has 0 bridgehead atoms. The second-order valence-corrected chi connectivity index (χ2v) is 11.2. The molecule has 0 spiro atoms. The third kappa shape index (κ3) is 8.42. The van der Waals surface area contributed by atoms with Gasteiger partial charge in [0, 0.05) is 0 Å². The number of allylic oxidation sites excluding steroid dienone is 4. The summed E-state index contributed by atoms with van der Waals surface area (Å²) in [4.78, 5) is 0. The van der Waals surface area contributed by atoms with E-state index < -0.39 is 0 Å². The van der Waals surface area contributed by atoms with Crippen molar-refractivity contribution in [2.45, 2.75) is 13.8 Å². The zero-order valence-electron chi connectivity index (χ0n) is 23.8. The molecule has 0 saturated carbocycles. The van der Waals surface area contributed by atoms with Crippen LogP contribution in [-0.2, 0) is 24.2 Å². The molecule has 0 radical (unpaired) electrons. The van der Waals surface area contributed by atoms with Gasteiger partial charge in [0.05, 0.1) is 0 Å². The molecule has 1 aliphatic rings. The van der Waals surface area contributed by atoms with Gasteiger partial charge >= 0.3 is 99.2 Å². The van der Waals surface area contributed by atoms with Gasteiger partial charge < -0.3 is 24.8 Å². The molecule has 0 heterocycles. The first kappa shape index (κ1) is 33.3. The van der Waals surface area contributed by atoms with Crippen LogP contribution in [-0.4, -0.2) is 3.21 Å². The molecule has 7 rings (SSSR count). The summed E-state index contributed by atoms with van der Waals surface area (Å²) in [5, 5.41) is 5.39. The Morgan fingerprint density at radius 2 is 1.00 bits per heavy atom. The Kier molecular flexibility index (Phi) is 13.0. The van der Waals surface area contributed by atoms with Crippen LogP contribution in [0.1, 0.15) is 30.5 Å². The van der Waals surface area contributed by atoms with Gasteiger partial charge in [-0.05, 0) is 0 Å². The molecule has 6 aromatic carbocycles. The molecule has 0 nitrogen and oxygen atoms in total. The fourth-order valence-corrected chi connectivity index (χ4v) is 5.87. The van der Waals surface area contributed by atoms with Crippen molar-refractivity contribution < 1.29 is 49.0 Å². The minimum Gasteiger partial charge on any atom is -0.126 e. The van der Waals surface area contributed by atoms with E-state index in [0.29, 0.717) is 5.92 Å². The Morgan fingerprint density at radius 1 is 0.595 bits per heavy atom. The number of benzene rings is 5. The molecule has 0 amide bonds. The molecule has 42 heavy (non-hydrogen) atoms. The van der Waals surface area contributed by atoms with Crippen LogP contribution >= 0.6 is 0 Å². The van der Waals surface area contributed by atoms with Crippen molar-refractivity contribution >= 4 is 30.3 Å². The molecule has 0 aliphatic heterocycles. The molecular weight excluding hydrogens is 631 g/mol. The summed E-state index contributed by atoms with van der Waals surface area (Å²) < 4.78 is 1.42. The van der Waals surface area contributed by atoms with E-state index in [1.807, 2.05) is 6.07 Å². The molecule has 1 aliphatic carbocycles. The summed E-state index contributed by atoms with van der Waals surface area (Å²) in [6.07, 6.45) is 5.66. The van der Waals surface area contributed by atoms with Crippen LogP contribution in [0.3, 0.4) is 0 Å². The molecule has 0 fully saturated rings. The van der Waals surface area contributed by atoms with Crippen molar-refractivity contribution in [2.75, 3.05) is 0 Å². The van der Waals surface area contributed by atoms with Gasteiger partial charge in [0.2, 0.25) is 0 Å². The molecule has 0 N–H and O–H groups in total. The van der Waals surface area contributed by atoms with E-state index in [4.69, 9.17) is 0 Å². The van der Waals surface area contributed by atoms with Crippen LogP contribution in [0.4, 0.5) is 0 Å². The van der Waals surface area contributed by atoms with Gasteiger partial charge in [0.1, 0.15) is 0 Å². The van der Waals surface area contributed by atoms with Crippen LogP contribution in [0.2, 0.25) is 0 Å². The van der Waals surface area contributed by atoms with Crippen LogP contribution in [0, 0.1) is 12.0 Å². The third-order valence-electron chi connectivity index (χ3n) is 7.00. The number of halogens is 2. The standard InChI is InChI=1S/C13H9.C13H13.C13H10.2ClH.Zr/c1-3-7-12-10(5-1)9-11-6-2-4-8-13(11)12;1-10-8-11(2)13(9-10)12-6-4-3-5-7-12;1-3-7-12(8-4-1)11-13-9-5-2-6-10-13;;;/h1-9H;3-7,9-10H,1-2H3;1-10H;2*1H;/q2*-1;;;;+2/p-2. The first-order valence-corrected chi connectivity index (χ1v) is 14.9. The average Bonchev–Trinajstić information content (AvgIpc) is 3.57. The average molecular weight is 663 g/mol. The van der Waals surface area contributed by atoms with Gasteiger partial charge in [-0.1, -0.05) is 86.5 Å². The second kappa shape index (κ2) is 16.4. The van der Waals surface area contributed by atoms with Crippen molar-refractivity contribution in [3.8, 4) is 0 Å². The molecule has 3 heteroatoms. The van der Waals surface area contributed by atoms with E-state index in [1.54, 1.807) is 0 Å². The minimum atomic E-state index is 0. The molecule has 208 valence electrons. The van der Waals surface area contributed by atoms with Crippen LogP contribution in [0.25, 0.3) is 27.1 Å². The molecule has 1 atom stereocenters. The fraction of sp³-hybridized carbons (Fsp3) is 0.0769. The SMILES string of the molecule is CC1=[C-]C(C)C=C1c1ccccc1.[Cl-].[Cl-].[Zr+2]=[C](c1ccccc1)c1ccccc1.c1ccc2c(c1)[cH-]c1ccccc12. The largest absolute Gasteiger partial charge is 0.126 e. The van der Waals surface area contributed by atoms with E-state index in [0.717, 1.165) is 0 Å². The van der Waals surface area contributed by atoms with E-state index in [9.17, 15) is 0 Å². The number of hydrogen-bond donors (Lipinski definition) is 0. The number of hydrogen-bond acceptors (Lipinski definition) is 0. The van der Waals surface area contributed by atoms with Gasteiger partial charge in [0.15, 0.2) is 0 Å². The predicted octanol–water partition coefficient (Wildman–Crippen LogP) is 3.99. The van der Waals surface area contributed by atoms with Gasteiger partial charge in [-0.15, -0.1) is 45.3 Å². The first-order valence-electron chi connectivity index (χ1n) is 13.7. The number of fused-ring (bicyclic) bond motifs is 3. The summed E-state index contributed by atoms with van der Waals surface area (Å²) in [5.74, 6) is 0.468. The van der Waals surface area contributed by atoms with Crippen LogP contribution in [0.5, 0.6) is 0 Å². The second-order valence-electron chi connectivity index (χ2n) is 9.93. The van der Waals surface area contributed by atoms with Crippen molar-refractivity contribution in [3.63, 3.8) is 0 Å². The fourth-order valence-electron chi connectivity index (χ4n) is 5.05. The quantitative estimate of drug-likeness (QED) is 0.252. The molecule has 0 aromatic heterocycles. The normalized spacial score (nSPS) is 13.3. The van der Waals surface area contributed by atoms with Crippen molar-refractivity contribution in [1.29, 1.82) is 0 Å². The Bertz CT molecular complexity index is 1670. The minimum absolute atomic E-state index is 0. The number of rotatable bonds is 3. The summed E-state index contributed by atoms with van der Waals surface area (Å²) in [5.41, 5.74) is 6.58. The first-order chi connectivity index (χ1) is 19.6. The van der Waals surface area contributed by atoms with Gasteiger partial charge in [-0.3, -0.25) is 6.08 Å². The maximum Gasteiger partial charge on any atom is -0.0771 e. The molecule has 1 unspecified atom stereocenters. The van der Waals surface area contributed by atoms with Crippen molar-refractivity contribution in [2.24, 2.45) is 5.92 Å². The van der Waals surface area contributed by atoms with Crippen LogP contribution < -0.4 is 24.8 Å². The van der Waals surface area contributed by atoms with Crippen molar-refractivity contribution in [3.05, 3.63) is 180 Å². The zero-order valence-corrected chi connectivity index (χ0v) is 27.7. The Hall–Kier alpha value is -3.22. The Labute approximate surface area is 277 Å². The smallest absolute Gasteiger partial charge is 0.0771 e. The monoisotopic (exact) mass is 660 g/mol. The molecular formula is C39H32Cl2Zr-2. The van der Waals surface area contributed by atoms with E-state index in [2.05, 4.69) is 166 Å². The summed E-state index contributed by atoms with van der Waals surface area (Å²) >= 11 is 1.46. The van der Waals surface area contributed by atoms with E-state index in [1.165, 1.54) is 76.8 Å². The Balaban J connectivity index is 0.000000169. The van der Waals surface area contributed by atoms with Gasteiger partial charge in [0.25, 0.3) is 0 Å². The van der Waals surface area contributed by atoms with Gasteiger partial charge in [-0.2, -0.15) is 11.6 Å². The maximum absolute atomic E-state index is 3.39. The topological polar surface area (TPSA) is 0 Å². The summed E-state index contributed by atoms with van der Waals surface area (Å²) in [6.45, 7) is 4.29. The summed E-state index contributed by atoms with van der Waals surface area (Å²) in [6, 6.07) is 50.9. The molecule has 0 saturated heterocycles. The third-order valence-corrected chi connectivity index (χ3v) is 8.42. The van der Waals surface area contributed by atoms with E-state index >= 15 is 0 Å². The van der Waals surface area contributed by atoms with Crippen LogP contribution in [0.15, 0.2) is 157 Å². The van der Waals surface area contributed by atoms with Crippen molar-refractivity contribution in [1.82, 2.24) is 0 Å². The maximum atomic E-state index is 3.39. The molecule has 6 aromatic rings. The predicted molar refractivity (Wildman–Crippen MR) is 169 cm³/mol.